The van der Waals surface area contributed by atoms with Crippen LogP contribution in [0.25, 0.3) is 10.4 Å². The van der Waals surface area contributed by atoms with Gasteiger partial charge in [0.2, 0.25) is 5.95 Å². The molecule has 2 aliphatic heterocycles. The van der Waals surface area contributed by atoms with E-state index in [0.717, 1.165) is 49.6 Å². The van der Waals surface area contributed by atoms with Crippen LogP contribution in [0.3, 0.4) is 0 Å². The number of carbonyl (C=O) groups is 1. The minimum Gasteiger partial charge on any atom is -0.398 e. The predicted molar refractivity (Wildman–Crippen MR) is 126 cm³/mol. The molecule has 0 radical (unpaired) electrons. The number of rotatable bonds is 5. The summed E-state index contributed by atoms with van der Waals surface area (Å²) in [6, 6.07) is 9.98. The molecule has 0 atom stereocenters. The lowest BCUT2D eigenvalue weighted by molar-refractivity contribution is 0.0992. The van der Waals surface area contributed by atoms with E-state index in [0.29, 0.717) is 11.3 Å². The normalized spacial score (nSPS) is 17.9. The molecule has 3 N–H and O–H groups in total. The van der Waals surface area contributed by atoms with Gasteiger partial charge in [-0.2, -0.15) is 0 Å². The van der Waals surface area contributed by atoms with E-state index in [2.05, 4.69) is 26.3 Å². The molecule has 0 bridgehead atoms. The molecule has 160 valence electrons. The Balaban J connectivity index is 1.32. The number of hydrogen-bond donors (Lipinski definition) is 2. The maximum Gasteiger partial charge on any atom is 0.225 e. The molecule has 0 saturated carbocycles. The average molecular weight is 434 g/mol. The quantitative estimate of drug-likeness (QED) is 0.468. The van der Waals surface area contributed by atoms with Crippen molar-refractivity contribution in [1.82, 2.24) is 15.3 Å². The van der Waals surface area contributed by atoms with E-state index >= 15 is 0 Å². The van der Waals surface area contributed by atoms with Crippen LogP contribution >= 0.6 is 11.3 Å². The Bertz CT molecular complexity index is 1060. The van der Waals surface area contributed by atoms with Crippen molar-refractivity contribution in [3.05, 3.63) is 59.2 Å². The molecule has 3 aromatic rings. The Morgan fingerprint density at radius 2 is 1.97 bits per heavy atom. The lowest BCUT2D eigenvalue weighted by atomic mass is 9.86. The summed E-state index contributed by atoms with van der Waals surface area (Å²) >= 11 is 1.67. The Morgan fingerprint density at radius 3 is 2.71 bits per heavy atom. The number of thiophene rings is 1. The second kappa shape index (κ2) is 8.40. The monoisotopic (exact) mass is 433 g/mol. The highest BCUT2D eigenvalue weighted by Crippen LogP contribution is 2.38. The molecule has 0 aliphatic carbocycles. The van der Waals surface area contributed by atoms with Crippen LogP contribution < -0.4 is 16.0 Å². The number of nitrogen functional groups attached to an aromatic ring is 1. The second-order valence-corrected chi connectivity index (χ2v) is 9.44. The molecule has 1 spiro atoms. The van der Waals surface area contributed by atoms with Crippen molar-refractivity contribution in [2.45, 2.75) is 37.6 Å². The first-order chi connectivity index (χ1) is 15.1. The van der Waals surface area contributed by atoms with Crippen LogP contribution in [0.2, 0.25) is 0 Å². The molecule has 2 fully saturated rings. The predicted octanol–water partition coefficient (Wildman–Crippen LogP) is 3.94. The molecule has 0 unspecified atom stereocenters. The highest BCUT2D eigenvalue weighted by atomic mass is 32.1. The number of piperidine rings is 1. The number of nitrogens with zero attached hydrogens (tertiary/aromatic N) is 3. The van der Waals surface area contributed by atoms with Crippen LogP contribution in [0.15, 0.2) is 48.1 Å². The van der Waals surface area contributed by atoms with E-state index in [1.807, 2.05) is 29.6 Å². The molecule has 31 heavy (non-hydrogen) atoms. The van der Waals surface area contributed by atoms with Crippen molar-refractivity contribution < 1.29 is 4.79 Å². The standard InChI is InChI=1S/C24H27N5OS/c25-20-5-4-17(22-3-1-12-31-22)13-18(20)14-21(30)19-15-27-23(28-16-19)29-11-2-6-24(29)7-9-26-10-8-24/h1,3-5,12-13,15-16,26H,2,6-11,14,25H2. The van der Waals surface area contributed by atoms with E-state index in [-0.39, 0.29) is 17.7 Å². The molecule has 5 rings (SSSR count). The second-order valence-electron chi connectivity index (χ2n) is 8.49. The molecule has 2 aliphatic rings. The fraction of sp³-hybridized carbons (Fsp3) is 0.375. The number of anilines is 2. The summed E-state index contributed by atoms with van der Waals surface area (Å²) in [6.07, 6.45) is 8.21. The maximum atomic E-state index is 12.9. The first-order valence-corrected chi connectivity index (χ1v) is 11.8. The van der Waals surface area contributed by atoms with Crippen LogP contribution in [0.1, 0.15) is 41.6 Å². The van der Waals surface area contributed by atoms with E-state index < -0.39 is 0 Å². The van der Waals surface area contributed by atoms with Gasteiger partial charge in [-0.3, -0.25) is 4.79 Å². The highest BCUT2D eigenvalue weighted by molar-refractivity contribution is 7.13. The van der Waals surface area contributed by atoms with Gasteiger partial charge < -0.3 is 16.0 Å². The summed E-state index contributed by atoms with van der Waals surface area (Å²) in [5.74, 6) is 0.731. The van der Waals surface area contributed by atoms with Crippen molar-refractivity contribution in [3.8, 4) is 10.4 Å². The summed E-state index contributed by atoms with van der Waals surface area (Å²) in [6.45, 7) is 3.07. The molecule has 7 heteroatoms. The Hall–Kier alpha value is -2.77. The number of nitrogens with one attached hydrogen (secondary N) is 1. The third-order valence-corrected chi connectivity index (χ3v) is 7.55. The molecule has 6 nitrogen and oxygen atoms in total. The van der Waals surface area contributed by atoms with Gasteiger partial charge in [0.25, 0.3) is 0 Å². The number of carbonyl (C=O) groups excluding carboxylic acids is 1. The zero-order valence-corrected chi connectivity index (χ0v) is 18.3. The van der Waals surface area contributed by atoms with Gasteiger partial charge >= 0.3 is 0 Å². The molecular formula is C24H27N5OS. The smallest absolute Gasteiger partial charge is 0.225 e. The number of benzene rings is 1. The fourth-order valence-corrected chi connectivity index (χ4v) is 5.62. The van der Waals surface area contributed by atoms with Gasteiger partial charge in [0.15, 0.2) is 5.78 Å². The van der Waals surface area contributed by atoms with Gasteiger partial charge in [0, 0.05) is 41.5 Å². The molecular weight excluding hydrogens is 406 g/mol. The van der Waals surface area contributed by atoms with E-state index in [9.17, 15) is 4.79 Å². The molecule has 2 saturated heterocycles. The Labute approximate surface area is 186 Å². The number of aromatic nitrogens is 2. The highest BCUT2D eigenvalue weighted by Gasteiger charge is 2.42. The van der Waals surface area contributed by atoms with Crippen LogP contribution in [0.5, 0.6) is 0 Å². The van der Waals surface area contributed by atoms with Gasteiger partial charge in [0.05, 0.1) is 5.56 Å². The van der Waals surface area contributed by atoms with Gasteiger partial charge in [-0.1, -0.05) is 12.1 Å². The Morgan fingerprint density at radius 1 is 1.16 bits per heavy atom. The van der Waals surface area contributed by atoms with Gasteiger partial charge in [-0.15, -0.1) is 11.3 Å². The van der Waals surface area contributed by atoms with Crippen molar-refractivity contribution in [3.63, 3.8) is 0 Å². The lowest BCUT2D eigenvalue weighted by Gasteiger charge is -2.41. The summed E-state index contributed by atoms with van der Waals surface area (Å²) in [4.78, 5) is 25.7. The van der Waals surface area contributed by atoms with Gasteiger partial charge in [-0.25, -0.2) is 9.97 Å². The van der Waals surface area contributed by atoms with Crippen molar-refractivity contribution in [1.29, 1.82) is 0 Å². The van der Waals surface area contributed by atoms with Crippen molar-refractivity contribution in [2.24, 2.45) is 0 Å². The lowest BCUT2D eigenvalue weighted by Crippen LogP contribution is -2.51. The molecule has 1 aromatic carbocycles. The van der Waals surface area contributed by atoms with Crippen molar-refractivity contribution >= 4 is 28.8 Å². The molecule has 2 aromatic heterocycles. The fourth-order valence-electron chi connectivity index (χ4n) is 4.90. The minimum absolute atomic E-state index is 0.0143. The number of ketones is 1. The summed E-state index contributed by atoms with van der Waals surface area (Å²) in [5.41, 5.74) is 9.43. The van der Waals surface area contributed by atoms with E-state index in [4.69, 9.17) is 5.73 Å². The third kappa shape index (κ3) is 3.95. The largest absolute Gasteiger partial charge is 0.398 e. The summed E-state index contributed by atoms with van der Waals surface area (Å²) < 4.78 is 0. The molecule has 0 amide bonds. The Kier molecular flexibility index (Phi) is 5.46. The average Bonchev–Trinajstić information content (AvgIpc) is 3.47. The minimum atomic E-state index is -0.0143. The topological polar surface area (TPSA) is 84.1 Å². The zero-order chi connectivity index (χ0) is 21.3. The van der Waals surface area contributed by atoms with E-state index in [1.165, 1.54) is 17.7 Å². The van der Waals surface area contributed by atoms with Crippen LogP contribution in [-0.4, -0.2) is 40.9 Å². The summed E-state index contributed by atoms with van der Waals surface area (Å²) in [5, 5.41) is 5.50. The van der Waals surface area contributed by atoms with Gasteiger partial charge in [-0.05, 0) is 73.5 Å². The first kappa shape index (κ1) is 20.2. The number of Topliss-reactive ketones (excluding diaryl/α,β-unsaturated/α-hetero) is 1. The zero-order valence-electron chi connectivity index (χ0n) is 17.5. The maximum absolute atomic E-state index is 12.9. The van der Waals surface area contributed by atoms with Crippen LogP contribution in [0.4, 0.5) is 11.6 Å². The SMILES string of the molecule is Nc1ccc(-c2cccs2)cc1CC(=O)c1cnc(N2CCCC23CCNCC3)nc1. The summed E-state index contributed by atoms with van der Waals surface area (Å²) in [7, 11) is 0. The number of hydrogen-bond acceptors (Lipinski definition) is 7. The van der Waals surface area contributed by atoms with Crippen molar-refractivity contribution in [2.75, 3.05) is 30.3 Å². The van der Waals surface area contributed by atoms with Crippen LogP contribution in [0, 0.1) is 0 Å². The third-order valence-electron chi connectivity index (χ3n) is 6.63. The van der Waals surface area contributed by atoms with E-state index in [1.54, 1.807) is 23.7 Å². The first-order valence-electron chi connectivity index (χ1n) is 10.9. The number of nitrogens with two attached hydrogens (primary N) is 1. The molecule has 4 heterocycles. The van der Waals surface area contributed by atoms with Crippen LogP contribution in [-0.2, 0) is 6.42 Å². The van der Waals surface area contributed by atoms with Gasteiger partial charge in [0.1, 0.15) is 0 Å².